The molecule has 2 N–H and O–H groups in total. The quantitative estimate of drug-likeness (QED) is 0.768. The second-order valence-corrected chi connectivity index (χ2v) is 4.86. The number of rotatable bonds is 4. The van der Waals surface area contributed by atoms with Gasteiger partial charge in [-0.15, -0.1) is 0 Å². The molecule has 1 fully saturated rings. The molecule has 2 unspecified atom stereocenters. The molecule has 0 bridgehead atoms. The Labute approximate surface area is 98.8 Å². The normalized spacial score (nSPS) is 24.5. The summed E-state index contributed by atoms with van der Waals surface area (Å²) >= 11 is 0. The molecule has 0 saturated carbocycles. The Kier molecular flexibility index (Phi) is 5.22. The van der Waals surface area contributed by atoms with Crippen LogP contribution in [0.4, 0.5) is 0 Å². The van der Waals surface area contributed by atoms with Gasteiger partial charge in [0.1, 0.15) is 0 Å². The van der Waals surface area contributed by atoms with Crippen LogP contribution in [0, 0.1) is 0 Å². The van der Waals surface area contributed by atoms with E-state index >= 15 is 0 Å². The van der Waals surface area contributed by atoms with Crippen LogP contribution >= 0.6 is 0 Å². The summed E-state index contributed by atoms with van der Waals surface area (Å²) in [5.74, 6) is 0.133. The first-order valence-corrected chi connectivity index (χ1v) is 6.30. The van der Waals surface area contributed by atoms with Gasteiger partial charge in [0.25, 0.3) is 0 Å². The average molecular weight is 227 g/mol. The molecule has 0 radical (unpaired) electrons. The Morgan fingerprint density at radius 3 is 2.75 bits per heavy atom. The largest absolute Gasteiger partial charge is 0.339 e. The van der Waals surface area contributed by atoms with E-state index in [0.29, 0.717) is 6.04 Å². The van der Waals surface area contributed by atoms with Gasteiger partial charge in [0.2, 0.25) is 5.91 Å². The van der Waals surface area contributed by atoms with E-state index in [1.54, 1.807) is 0 Å². The van der Waals surface area contributed by atoms with E-state index in [0.717, 1.165) is 38.9 Å². The molecule has 16 heavy (non-hydrogen) atoms. The van der Waals surface area contributed by atoms with E-state index in [-0.39, 0.29) is 11.9 Å². The van der Waals surface area contributed by atoms with E-state index in [9.17, 15) is 4.79 Å². The van der Waals surface area contributed by atoms with Gasteiger partial charge >= 0.3 is 0 Å². The number of nitrogens with zero attached hydrogens (tertiary/aromatic N) is 2. The highest BCUT2D eigenvalue weighted by Crippen LogP contribution is 2.10. The highest BCUT2D eigenvalue weighted by Gasteiger charge is 2.27. The maximum Gasteiger partial charge on any atom is 0.239 e. The number of hydrogen-bond acceptors (Lipinski definition) is 3. The van der Waals surface area contributed by atoms with Gasteiger partial charge in [-0.05, 0) is 20.4 Å². The lowest BCUT2D eigenvalue weighted by molar-refractivity contribution is -0.135. The summed E-state index contributed by atoms with van der Waals surface area (Å²) in [6, 6.07) is 0.145. The molecular formula is C12H25N3O. The van der Waals surface area contributed by atoms with Gasteiger partial charge in [0.15, 0.2) is 0 Å². The van der Waals surface area contributed by atoms with Crippen LogP contribution < -0.4 is 5.73 Å². The summed E-state index contributed by atoms with van der Waals surface area (Å²) < 4.78 is 0. The number of likely N-dealkylation sites (N-methyl/N-ethyl adjacent to an activating group) is 1. The third-order valence-corrected chi connectivity index (χ3v) is 3.46. The first-order valence-electron chi connectivity index (χ1n) is 6.30. The van der Waals surface area contributed by atoms with Crippen molar-refractivity contribution in [3.05, 3.63) is 0 Å². The standard InChI is InChI=1S/C12H25N3O/c1-4-5-6-11(13)12(16)15-8-7-14(3)10(2)9-15/h10-11H,4-9,13H2,1-3H3. The van der Waals surface area contributed by atoms with E-state index in [4.69, 9.17) is 5.73 Å². The molecule has 0 aromatic rings. The van der Waals surface area contributed by atoms with Gasteiger partial charge in [-0.3, -0.25) is 4.79 Å². The summed E-state index contributed by atoms with van der Waals surface area (Å²) in [6.07, 6.45) is 2.95. The zero-order valence-electron chi connectivity index (χ0n) is 10.8. The van der Waals surface area contributed by atoms with Gasteiger partial charge in [0.05, 0.1) is 6.04 Å². The lowest BCUT2D eigenvalue weighted by atomic mass is 10.1. The zero-order valence-corrected chi connectivity index (χ0v) is 10.8. The Hall–Kier alpha value is -0.610. The molecule has 0 aromatic heterocycles. The number of hydrogen-bond donors (Lipinski definition) is 1. The van der Waals surface area contributed by atoms with Gasteiger partial charge < -0.3 is 15.5 Å². The van der Waals surface area contributed by atoms with Crippen molar-refractivity contribution in [2.24, 2.45) is 5.73 Å². The first-order chi connectivity index (χ1) is 7.56. The minimum atomic E-state index is -0.296. The van der Waals surface area contributed by atoms with E-state index < -0.39 is 0 Å². The Bertz CT molecular complexity index is 232. The van der Waals surface area contributed by atoms with Crippen LogP contribution in [0.2, 0.25) is 0 Å². The van der Waals surface area contributed by atoms with Crippen molar-refractivity contribution in [2.45, 2.75) is 45.2 Å². The van der Waals surface area contributed by atoms with Crippen LogP contribution in [-0.4, -0.2) is 54.5 Å². The van der Waals surface area contributed by atoms with Crippen molar-refractivity contribution in [1.82, 2.24) is 9.80 Å². The average Bonchev–Trinajstić information content (AvgIpc) is 2.28. The smallest absolute Gasteiger partial charge is 0.239 e. The van der Waals surface area contributed by atoms with Crippen molar-refractivity contribution >= 4 is 5.91 Å². The summed E-state index contributed by atoms with van der Waals surface area (Å²) in [7, 11) is 2.10. The Balaban J connectivity index is 2.42. The molecule has 1 amide bonds. The van der Waals surface area contributed by atoms with Crippen LogP contribution in [0.3, 0.4) is 0 Å². The fourth-order valence-corrected chi connectivity index (χ4v) is 2.03. The monoisotopic (exact) mass is 227 g/mol. The summed E-state index contributed by atoms with van der Waals surface area (Å²) in [4.78, 5) is 16.2. The third-order valence-electron chi connectivity index (χ3n) is 3.46. The van der Waals surface area contributed by atoms with Gasteiger partial charge in [0, 0.05) is 25.7 Å². The van der Waals surface area contributed by atoms with Gasteiger partial charge in [-0.25, -0.2) is 0 Å². The molecule has 0 aromatic carbocycles. The predicted octanol–water partition coefficient (Wildman–Crippen LogP) is 0.666. The highest BCUT2D eigenvalue weighted by atomic mass is 16.2. The number of nitrogens with two attached hydrogens (primary N) is 1. The molecule has 1 aliphatic rings. The fraction of sp³-hybridized carbons (Fsp3) is 0.917. The van der Waals surface area contributed by atoms with Crippen LogP contribution in [0.5, 0.6) is 0 Å². The van der Waals surface area contributed by atoms with E-state index in [2.05, 4.69) is 25.8 Å². The highest BCUT2D eigenvalue weighted by molar-refractivity contribution is 5.81. The third kappa shape index (κ3) is 3.46. The number of piperazine rings is 1. The van der Waals surface area contributed by atoms with Crippen LogP contribution in [0.1, 0.15) is 33.1 Å². The minimum Gasteiger partial charge on any atom is -0.339 e. The molecule has 1 heterocycles. The van der Waals surface area contributed by atoms with E-state index in [1.807, 2.05) is 4.90 Å². The number of carbonyl (C=O) groups is 1. The molecule has 1 saturated heterocycles. The molecule has 4 nitrogen and oxygen atoms in total. The number of unbranched alkanes of at least 4 members (excludes halogenated alkanes) is 1. The summed E-state index contributed by atoms with van der Waals surface area (Å²) in [5, 5.41) is 0. The molecule has 0 spiro atoms. The Morgan fingerprint density at radius 2 is 2.19 bits per heavy atom. The topological polar surface area (TPSA) is 49.6 Å². The molecule has 1 rings (SSSR count). The minimum absolute atomic E-state index is 0.133. The first kappa shape index (κ1) is 13.5. The summed E-state index contributed by atoms with van der Waals surface area (Å²) in [6.45, 7) is 6.86. The van der Waals surface area contributed by atoms with Crippen molar-refractivity contribution in [2.75, 3.05) is 26.7 Å². The molecule has 4 heteroatoms. The number of amides is 1. The maximum absolute atomic E-state index is 12.0. The molecular weight excluding hydrogens is 202 g/mol. The van der Waals surface area contributed by atoms with Gasteiger partial charge in [-0.1, -0.05) is 19.8 Å². The van der Waals surface area contributed by atoms with Gasteiger partial charge in [-0.2, -0.15) is 0 Å². The van der Waals surface area contributed by atoms with Crippen molar-refractivity contribution in [3.63, 3.8) is 0 Å². The lowest BCUT2D eigenvalue weighted by Gasteiger charge is -2.38. The van der Waals surface area contributed by atoms with Crippen molar-refractivity contribution in [3.8, 4) is 0 Å². The van der Waals surface area contributed by atoms with Crippen LogP contribution in [-0.2, 0) is 4.79 Å². The predicted molar refractivity (Wildman–Crippen MR) is 66.2 cm³/mol. The molecule has 0 aliphatic carbocycles. The SMILES string of the molecule is CCCCC(N)C(=O)N1CCN(C)C(C)C1. The molecule has 94 valence electrons. The zero-order chi connectivity index (χ0) is 12.1. The lowest BCUT2D eigenvalue weighted by Crippen LogP contribution is -2.55. The van der Waals surface area contributed by atoms with Crippen LogP contribution in [0.15, 0.2) is 0 Å². The second-order valence-electron chi connectivity index (χ2n) is 4.86. The molecule has 1 aliphatic heterocycles. The molecule has 2 atom stereocenters. The van der Waals surface area contributed by atoms with Crippen molar-refractivity contribution in [1.29, 1.82) is 0 Å². The second kappa shape index (κ2) is 6.21. The summed E-state index contributed by atoms with van der Waals surface area (Å²) in [5.41, 5.74) is 5.91. The Morgan fingerprint density at radius 1 is 1.50 bits per heavy atom. The van der Waals surface area contributed by atoms with Crippen molar-refractivity contribution < 1.29 is 4.79 Å². The maximum atomic E-state index is 12.0. The van der Waals surface area contributed by atoms with Crippen LogP contribution in [0.25, 0.3) is 0 Å². The van der Waals surface area contributed by atoms with E-state index in [1.165, 1.54) is 0 Å². The fourth-order valence-electron chi connectivity index (χ4n) is 2.03. The number of carbonyl (C=O) groups excluding carboxylic acids is 1.